The number of ether oxygens (including phenoxy) is 1. The van der Waals surface area contributed by atoms with Gasteiger partial charge in [-0.25, -0.2) is 38.3 Å². The molecule has 1 fully saturated rings. The molecule has 13 heteroatoms. The van der Waals surface area contributed by atoms with Crippen LogP contribution in [0, 0.1) is 6.92 Å². The van der Waals surface area contributed by atoms with E-state index in [1.165, 1.54) is 12.3 Å². The molecular formula is C28H34N8O4S. The maximum absolute atomic E-state index is 13.6. The Morgan fingerprint density at radius 2 is 1.90 bits per heavy atom. The van der Waals surface area contributed by atoms with Crippen LogP contribution in [0.3, 0.4) is 0 Å². The number of hydrogen-bond acceptors (Lipinski definition) is 11. The number of hydrogen-bond donors (Lipinski definition) is 1. The number of nitrogens with one attached hydrogen (secondary N) is 1. The molecule has 0 atom stereocenters. The predicted molar refractivity (Wildman–Crippen MR) is 154 cm³/mol. The smallest absolute Gasteiger partial charge is 0.294 e. The van der Waals surface area contributed by atoms with Crippen LogP contribution < -0.4 is 10.9 Å². The zero-order valence-corrected chi connectivity index (χ0v) is 24.5. The van der Waals surface area contributed by atoms with Crippen molar-refractivity contribution in [1.29, 1.82) is 0 Å². The number of fused-ring (bicyclic) bond motifs is 1. The topological polar surface area (TPSA) is 155 Å². The van der Waals surface area contributed by atoms with Gasteiger partial charge in [-0.1, -0.05) is 19.9 Å². The molecule has 12 nitrogen and oxygen atoms in total. The van der Waals surface area contributed by atoms with Crippen molar-refractivity contribution >= 4 is 26.8 Å². The summed E-state index contributed by atoms with van der Waals surface area (Å²) in [6, 6.07) is 3.15. The van der Waals surface area contributed by atoms with Crippen molar-refractivity contribution in [1.82, 2.24) is 34.5 Å². The lowest BCUT2D eigenvalue weighted by Gasteiger charge is -2.16. The molecule has 0 bridgehead atoms. The van der Waals surface area contributed by atoms with Crippen molar-refractivity contribution in [3.63, 3.8) is 0 Å². The minimum atomic E-state index is -3.39. The largest absolute Gasteiger partial charge is 0.384 e. The Morgan fingerprint density at radius 3 is 2.56 bits per heavy atom. The van der Waals surface area contributed by atoms with Gasteiger partial charge in [0.25, 0.3) is 5.56 Å². The average Bonchev–Trinajstić information content (AvgIpc) is 3.82. The van der Waals surface area contributed by atoms with Gasteiger partial charge in [0.15, 0.2) is 32.2 Å². The zero-order valence-electron chi connectivity index (χ0n) is 23.7. The Bertz CT molecular complexity index is 1740. The van der Waals surface area contributed by atoms with Crippen molar-refractivity contribution in [2.24, 2.45) is 0 Å². The average molecular weight is 579 g/mol. The molecule has 4 aromatic heterocycles. The van der Waals surface area contributed by atoms with Crippen LogP contribution in [0.1, 0.15) is 61.7 Å². The molecule has 0 saturated heterocycles. The van der Waals surface area contributed by atoms with Crippen LogP contribution in [0.25, 0.3) is 22.6 Å². The standard InChI is InChI=1S/C28H34N8O4S/c1-5-12-36-27-23(34-26(28(36)37)30-15-18-7-10-21(29-14-18)41(38,39)6-2)17(3)33-25(35-27)22-20(11-13-40-4)31-16-32-24(22)19-8-9-19/h7,10,14,16,19H,5-6,8-9,11-13,15H2,1-4H3,(H,30,34). The molecule has 1 saturated carbocycles. The highest BCUT2D eigenvalue weighted by molar-refractivity contribution is 7.91. The number of pyridine rings is 1. The molecule has 4 aromatic rings. The number of aromatic nitrogens is 7. The highest BCUT2D eigenvalue weighted by Gasteiger charge is 2.31. The number of sulfone groups is 1. The molecule has 1 aliphatic rings. The zero-order chi connectivity index (χ0) is 29.1. The Hall–Kier alpha value is -3.84. The molecule has 0 radical (unpaired) electrons. The van der Waals surface area contributed by atoms with Gasteiger partial charge in [0, 0.05) is 38.7 Å². The van der Waals surface area contributed by atoms with E-state index < -0.39 is 9.84 Å². The predicted octanol–water partition coefficient (Wildman–Crippen LogP) is 3.23. The van der Waals surface area contributed by atoms with Crippen molar-refractivity contribution in [3.05, 3.63) is 57.7 Å². The first kappa shape index (κ1) is 28.7. The monoisotopic (exact) mass is 578 g/mol. The molecule has 41 heavy (non-hydrogen) atoms. The Kier molecular flexibility index (Phi) is 8.36. The van der Waals surface area contributed by atoms with Crippen LogP contribution in [0.5, 0.6) is 0 Å². The third-order valence-electron chi connectivity index (χ3n) is 7.06. The summed E-state index contributed by atoms with van der Waals surface area (Å²) in [4.78, 5) is 41.2. The van der Waals surface area contributed by atoms with Gasteiger partial charge in [-0.2, -0.15) is 0 Å². The van der Waals surface area contributed by atoms with E-state index in [9.17, 15) is 13.2 Å². The lowest BCUT2D eigenvalue weighted by Crippen LogP contribution is -2.27. The second-order valence-electron chi connectivity index (χ2n) is 10.1. The normalized spacial score (nSPS) is 13.6. The van der Waals surface area contributed by atoms with Crippen LogP contribution in [0.2, 0.25) is 0 Å². The van der Waals surface area contributed by atoms with E-state index in [4.69, 9.17) is 14.7 Å². The fourth-order valence-corrected chi connectivity index (χ4v) is 5.47. The summed E-state index contributed by atoms with van der Waals surface area (Å²) < 4.78 is 31.1. The lowest BCUT2D eigenvalue weighted by atomic mass is 10.0. The Balaban J connectivity index is 1.55. The molecule has 0 amide bonds. The minimum absolute atomic E-state index is 0.0215. The summed E-state index contributed by atoms with van der Waals surface area (Å²) >= 11 is 0. The van der Waals surface area contributed by atoms with Crippen molar-refractivity contribution in [3.8, 4) is 11.4 Å². The number of rotatable bonds is 12. The maximum Gasteiger partial charge on any atom is 0.294 e. The number of nitrogens with zero attached hydrogens (tertiary/aromatic N) is 7. The summed E-state index contributed by atoms with van der Waals surface area (Å²) in [5.41, 5.74) is 4.61. The van der Waals surface area contributed by atoms with Gasteiger partial charge in [0.05, 0.1) is 35.0 Å². The third kappa shape index (κ3) is 5.96. The molecule has 216 valence electrons. The Morgan fingerprint density at radius 1 is 1.10 bits per heavy atom. The van der Waals surface area contributed by atoms with Gasteiger partial charge < -0.3 is 10.1 Å². The second kappa shape index (κ2) is 12.0. The van der Waals surface area contributed by atoms with E-state index in [1.807, 2.05) is 13.8 Å². The summed E-state index contributed by atoms with van der Waals surface area (Å²) in [5.74, 6) is 0.982. The van der Waals surface area contributed by atoms with Gasteiger partial charge in [-0.15, -0.1) is 0 Å². The molecule has 4 heterocycles. The van der Waals surface area contributed by atoms with Crippen LogP contribution in [-0.4, -0.2) is 62.4 Å². The van der Waals surface area contributed by atoms with Gasteiger partial charge >= 0.3 is 0 Å². The maximum atomic E-state index is 13.6. The van der Waals surface area contributed by atoms with Crippen molar-refractivity contribution in [2.45, 2.75) is 70.5 Å². The fraction of sp³-hybridized carbons (Fsp3) is 0.464. The SMILES string of the molecule is CCCn1c(=O)c(NCc2ccc(S(=O)(=O)CC)nc2)nc2c(C)nc(-c3c(CCOC)ncnc3C3CC3)nc21. The molecule has 1 aliphatic carbocycles. The lowest BCUT2D eigenvalue weighted by molar-refractivity contribution is 0.201. The van der Waals surface area contributed by atoms with E-state index in [0.29, 0.717) is 53.7 Å². The van der Waals surface area contributed by atoms with Gasteiger partial charge in [0.1, 0.15) is 11.8 Å². The van der Waals surface area contributed by atoms with E-state index in [0.717, 1.165) is 36.2 Å². The number of aryl methyl sites for hydroxylation is 2. The highest BCUT2D eigenvalue weighted by Crippen LogP contribution is 2.43. The van der Waals surface area contributed by atoms with Crippen molar-refractivity contribution in [2.75, 3.05) is 24.8 Å². The van der Waals surface area contributed by atoms with E-state index in [2.05, 4.69) is 25.3 Å². The third-order valence-corrected chi connectivity index (χ3v) is 8.69. The summed E-state index contributed by atoms with van der Waals surface area (Å²) in [6.45, 7) is 6.63. The molecule has 0 unspecified atom stereocenters. The second-order valence-corrected chi connectivity index (χ2v) is 12.3. The van der Waals surface area contributed by atoms with Crippen molar-refractivity contribution < 1.29 is 13.2 Å². The van der Waals surface area contributed by atoms with Gasteiger partial charge in [-0.05, 0) is 37.8 Å². The molecular weight excluding hydrogens is 544 g/mol. The van der Waals surface area contributed by atoms with E-state index in [1.54, 1.807) is 31.0 Å². The highest BCUT2D eigenvalue weighted by atomic mass is 32.2. The summed E-state index contributed by atoms with van der Waals surface area (Å²) in [7, 11) is -1.74. The molecule has 0 aromatic carbocycles. The first-order chi connectivity index (χ1) is 19.8. The van der Waals surface area contributed by atoms with E-state index >= 15 is 0 Å². The van der Waals surface area contributed by atoms with E-state index in [-0.39, 0.29) is 28.7 Å². The van der Waals surface area contributed by atoms with Gasteiger partial charge in [-0.3, -0.25) is 9.36 Å². The van der Waals surface area contributed by atoms with Crippen LogP contribution in [0.15, 0.2) is 34.5 Å². The fourth-order valence-electron chi connectivity index (χ4n) is 4.68. The number of anilines is 1. The van der Waals surface area contributed by atoms with Crippen LogP contribution in [-0.2, 0) is 34.1 Å². The number of methoxy groups -OCH3 is 1. The van der Waals surface area contributed by atoms with Crippen LogP contribution >= 0.6 is 0 Å². The first-order valence-electron chi connectivity index (χ1n) is 13.8. The van der Waals surface area contributed by atoms with Crippen LogP contribution in [0.4, 0.5) is 5.82 Å². The quantitative estimate of drug-likeness (QED) is 0.263. The molecule has 1 N–H and O–H groups in total. The summed E-state index contributed by atoms with van der Waals surface area (Å²) in [6.07, 6.45) is 6.51. The minimum Gasteiger partial charge on any atom is -0.384 e. The molecule has 5 rings (SSSR count). The molecule has 0 aliphatic heterocycles. The summed E-state index contributed by atoms with van der Waals surface area (Å²) in [5, 5.41) is 3.14. The first-order valence-corrected chi connectivity index (χ1v) is 15.5. The molecule has 0 spiro atoms. The Labute approximate surface area is 238 Å². The van der Waals surface area contributed by atoms with Gasteiger partial charge in [0.2, 0.25) is 0 Å².